The third-order valence-corrected chi connectivity index (χ3v) is 6.56. The first kappa shape index (κ1) is 14.9. The molecule has 19 heavy (non-hydrogen) atoms. The highest BCUT2D eigenvalue weighted by atomic mass is 32.2. The van der Waals surface area contributed by atoms with Gasteiger partial charge in [-0.15, -0.1) is 0 Å². The number of nitrogens with one attached hydrogen (secondary N) is 2. The molecule has 1 saturated carbocycles. The fourth-order valence-corrected chi connectivity index (χ4v) is 5.41. The van der Waals surface area contributed by atoms with Gasteiger partial charge >= 0.3 is 0 Å². The minimum atomic E-state index is -3.48. The van der Waals surface area contributed by atoms with E-state index in [9.17, 15) is 8.42 Å². The fourth-order valence-electron chi connectivity index (χ4n) is 2.71. The van der Waals surface area contributed by atoms with Gasteiger partial charge in [-0.2, -0.15) is 16.9 Å². The molecule has 1 aliphatic carbocycles. The molecule has 2 N–H and O–H groups in total. The van der Waals surface area contributed by atoms with E-state index in [1.807, 2.05) is 6.26 Å². The zero-order valence-corrected chi connectivity index (χ0v) is 13.2. The highest BCUT2D eigenvalue weighted by Crippen LogP contribution is 2.28. The second-order valence-corrected chi connectivity index (χ2v) is 7.78. The standard InChI is InChI=1S/C12H21N3O2S2/c1-8-12(9(2)14-13-8)19(16,17)15-10-6-4-5-7-11(10)18-3/h10-11,15H,4-7H2,1-3H3,(H,13,14). The normalized spacial score (nSPS) is 24.6. The van der Waals surface area contributed by atoms with Crippen LogP contribution in [-0.2, 0) is 10.0 Å². The van der Waals surface area contributed by atoms with Crippen molar-refractivity contribution in [3.8, 4) is 0 Å². The monoisotopic (exact) mass is 303 g/mol. The third-order valence-electron chi connectivity index (χ3n) is 3.64. The summed E-state index contributed by atoms with van der Waals surface area (Å²) in [7, 11) is -3.48. The Kier molecular flexibility index (Phi) is 4.58. The van der Waals surface area contributed by atoms with E-state index in [0.29, 0.717) is 21.5 Å². The average molecular weight is 303 g/mol. The van der Waals surface area contributed by atoms with Crippen molar-refractivity contribution < 1.29 is 8.42 Å². The summed E-state index contributed by atoms with van der Waals surface area (Å²) < 4.78 is 27.8. The third kappa shape index (κ3) is 3.14. The maximum Gasteiger partial charge on any atom is 0.244 e. The van der Waals surface area contributed by atoms with Crippen molar-refractivity contribution in [2.24, 2.45) is 0 Å². The number of hydrogen-bond donors (Lipinski definition) is 2. The summed E-state index contributed by atoms with van der Waals surface area (Å²) in [6.07, 6.45) is 6.32. The molecule has 1 aromatic rings. The highest BCUT2D eigenvalue weighted by molar-refractivity contribution is 7.99. The van der Waals surface area contributed by atoms with Crippen LogP contribution < -0.4 is 4.72 Å². The molecule has 1 aliphatic rings. The quantitative estimate of drug-likeness (QED) is 0.892. The van der Waals surface area contributed by atoms with Gasteiger partial charge in [0.25, 0.3) is 0 Å². The predicted octanol–water partition coefficient (Wildman–Crippen LogP) is 1.98. The zero-order valence-electron chi connectivity index (χ0n) is 11.6. The van der Waals surface area contributed by atoms with E-state index in [1.165, 1.54) is 6.42 Å². The van der Waals surface area contributed by atoms with Crippen LogP contribution in [0.4, 0.5) is 0 Å². The number of aromatic amines is 1. The molecule has 0 radical (unpaired) electrons. The van der Waals surface area contributed by atoms with Crippen molar-refractivity contribution in [1.82, 2.24) is 14.9 Å². The van der Waals surface area contributed by atoms with E-state index in [1.54, 1.807) is 25.6 Å². The van der Waals surface area contributed by atoms with Gasteiger partial charge in [0.05, 0.1) is 11.4 Å². The molecule has 0 aliphatic heterocycles. The average Bonchev–Trinajstić information content (AvgIpc) is 2.70. The van der Waals surface area contributed by atoms with Gasteiger partial charge in [-0.3, -0.25) is 5.10 Å². The fraction of sp³-hybridized carbons (Fsp3) is 0.750. The van der Waals surface area contributed by atoms with Crippen molar-refractivity contribution >= 4 is 21.8 Å². The molecule has 0 bridgehead atoms. The SMILES string of the molecule is CSC1CCCCC1NS(=O)(=O)c1c(C)n[nH]c1C. The Morgan fingerprint density at radius 2 is 2.00 bits per heavy atom. The molecule has 7 heteroatoms. The summed E-state index contributed by atoms with van der Waals surface area (Å²) in [5, 5.41) is 7.07. The molecule has 0 amide bonds. The lowest BCUT2D eigenvalue weighted by atomic mass is 9.96. The molecule has 5 nitrogen and oxygen atoms in total. The second-order valence-electron chi connectivity index (χ2n) is 5.05. The van der Waals surface area contributed by atoms with Crippen LogP contribution in [0.5, 0.6) is 0 Å². The number of aryl methyl sites for hydroxylation is 2. The predicted molar refractivity (Wildman–Crippen MR) is 77.9 cm³/mol. The van der Waals surface area contributed by atoms with E-state index in [0.717, 1.165) is 19.3 Å². The van der Waals surface area contributed by atoms with Crippen LogP contribution in [0.1, 0.15) is 37.1 Å². The van der Waals surface area contributed by atoms with Crippen molar-refractivity contribution in [1.29, 1.82) is 0 Å². The van der Waals surface area contributed by atoms with Crippen LogP contribution in [0, 0.1) is 13.8 Å². The van der Waals surface area contributed by atoms with E-state index in [-0.39, 0.29) is 6.04 Å². The maximum absolute atomic E-state index is 12.5. The van der Waals surface area contributed by atoms with Gasteiger partial charge in [-0.25, -0.2) is 13.1 Å². The van der Waals surface area contributed by atoms with Crippen LogP contribution in [0.15, 0.2) is 4.90 Å². The van der Waals surface area contributed by atoms with Crippen molar-refractivity contribution in [2.45, 2.75) is 55.7 Å². The number of sulfonamides is 1. The Morgan fingerprint density at radius 3 is 2.58 bits per heavy atom. The summed E-state index contributed by atoms with van der Waals surface area (Å²) in [5.41, 5.74) is 1.13. The summed E-state index contributed by atoms with van der Waals surface area (Å²) in [4.78, 5) is 0.304. The highest BCUT2D eigenvalue weighted by Gasteiger charge is 2.31. The van der Waals surface area contributed by atoms with Crippen LogP contribution in [-0.4, -0.2) is 36.2 Å². The molecule has 1 fully saturated rings. The topological polar surface area (TPSA) is 74.8 Å². The van der Waals surface area contributed by atoms with Crippen LogP contribution in [0.2, 0.25) is 0 Å². The van der Waals surface area contributed by atoms with Crippen LogP contribution in [0.3, 0.4) is 0 Å². The number of rotatable bonds is 4. The van der Waals surface area contributed by atoms with Gasteiger partial charge < -0.3 is 0 Å². The van der Waals surface area contributed by atoms with Gasteiger partial charge in [0.2, 0.25) is 10.0 Å². The maximum atomic E-state index is 12.5. The molecule has 2 atom stereocenters. The Bertz CT molecular complexity index is 520. The van der Waals surface area contributed by atoms with Gasteiger partial charge in [0, 0.05) is 11.3 Å². The Labute approximate surface area is 119 Å². The molecular weight excluding hydrogens is 282 g/mol. The summed E-state index contributed by atoms with van der Waals surface area (Å²) in [6.45, 7) is 3.45. The van der Waals surface area contributed by atoms with Gasteiger partial charge in [0.15, 0.2) is 0 Å². The summed E-state index contributed by atoms with van der Waals surface area (Å²) >= 11 is 1.75. The number of H-pyrrole nitrogens is 1. The Hall–Kier alpha value is -0.530. The first-order valence-electron chi connectivity index (χ1n) is 6.52. The summed E-state index contributed by atoms with van der Waals surface area (Å²) in [6, 6.07) is 0.0300. The number of hydrogen-bond acceptors (Lipinski definition) is 4. The van der Waals surface area contributed by atoms with Crippen LogP contribution >= 0.6 is 11.8 Å². The molecule has 2 rings (SSSR count). The summed E-state index contributed by atoms with van der Waals surface area (Å²) in [5.74, 6) is 0. The Balaban J connectivity index is 2.21. The van der Waals surface area contributed by atoms with Crippen molar-refractivity contribution in [3.63, 3.8) is 0 Å². The first-order chi connectivity index (χ1) is 8.95. The lowest BCUT2D eigenvalue weighted by molar-refractivity contribution is 0.423. The smallest absolute Gasteiger partial charge is 0.244 e. The molecule has 0 saturated heterocycles. The molecule has 2 unspecified atom stereocenters. The van der Waals surface area contributed by atoms with E-state index in [4.69, 9.17) is 0 Å². The molecule has 0 spiro atoms. The Morgan fingerprint density at radius 1 is 1.32 bits per heavy atom. The van der Waals surface area contributed by atoms with Crippen molar-refractivity contribution in [3.05, 3.63) is 11.4 Å². The molecular formula is C12H21N3O2S2. The second kappa shape index (κ2) is 5.85. The van der Waals surface area contributed by atoms with Crippen LogP contribution in [0.25, 0.3) is 0 Å². The zero-order chi connectivity index (χ0) is 14.0. The van der Waals surface area contributed by atoms with E-state index >= 15 is 0 Å². The van der Waals surface area contributed by atoms with E-state index in [2.05, 4.69) is 14.9 Å². The minimum Gasteiger partial charge on any atom is -0.281 e. The number of thioether (sulfide) groups is 1. The van der Waals surface area contributed by atoms with Gasteiger partial charge in [-0.05, 0) is 32.9 Å². The van der Waals surface area contributed by atoms with Gasteiger partial charge in [-0.1, -0.05) is 12.8 Å². The van der Waals surface area contributed by atoms with Crippen molar-refractivity contribution in [2.75, 3.05) is 6.26 Å². The first-order valence-corrected chi connectivity index (χ1v) is 9.29. The lowest BCUT2D eigenvalue weighted by Gasteiger charge is -2.30. The van der Waals surface area contributed by atoms with E-state index < -0.39 is 10.0 Å². The largest absolute Gasteiger partial charge is 0.281 e. The lowest BCUT2D eigenvalue weighted by Crippen LogP contribution is -2.43. The molecule has 108 valence electrons. The number of nitrogens with zero attached hydrogens (tertiary/aromatic N) is 1. The molecule has 1 aromatic heterocycles. The molecule has 1 heterocycles. The van der Waals surface area contributed by atoms with Gasteiger partial charge in [0.1, 0.15) is 4.90 Å². The minimum absolute atomic E-state index is 0.0300. The molecule has 0 aromatic carbocycles. The number of aromatic nitrogens is 2.